The van der Waals surface area contributed by atoms with E-state index in [1.165, 1.54) is 147 Å². The number of rotatable bonds is 4. The number of carbonyl (C=O) groups is 2. The summed E-state index contributed by atoms with van der Waals surface area (Å²) in [5.74, 6) is -0.0736. The predicted octanol–water partition coefficient (Wildman–Crippen LogP) is 20.8. The van der Waals surface area contributed by atoms with Crippen molar-refractivity contribution in [2.24, 2.45) is 4.99 Å². The monoisotopic (exact) mass is 1100 g/mol. The van der Waals surface area contributed by atoms with E-state index in [2.05, 4.69) is 42.6 Å². The van der Waals surface area contributed by atoms with E-state index in [1.54, 1.807) is 172 Å². The SMILES string of the molecule is C[C@]1(C(=O)N(C(=O)NC2CCCCC2)C2CCCCC2)N=C(c2ccccc2)C23c4c5c6c7c8c9c(c%10c%11c2c2c4c4c%12c5c5c6c6c8c8c%13c9c9c%10c%10c%11c%11c2c2c4c4c%12c%12c5c5c6c8c6c8c%13c9c9c%10c%10c%11c2c2c4c4c%12c5c6c5c8c9c%10c2c45)C731. The lowest BCUT2D eigenvalue weighted by atomic mass is 9.43. The second-order valence-electron chi connectivity index (χ2n) is 31.9. The third kappa shape index (κ3) is 2.30. The molecule has 1 aliphatic heterocycles. The molecule has 2 saturated carbocycles. The van der Waals surface area contributed by atoms with Gasteiger partial charge in [0.2, 0.25) is 0 Å². The van der Waals surface area contributed by atoms with Crippen LogP contribution in [-0.2, 0) is 15.6 Å². The summed E-state index contributed by atoms with van der Waals surface area (Å²) in [4.78, 5) is 43.5. The molecule has 6 aliphatic carbocycles. The molecule has 36 rings (SSSR count). The molecule has 29 aromatic rings. The summed E-state index contributed by atoms with van der Waals surface area (Å²) in [6.45, 7) is 2.35. The van der Waals surface area contributed by atoms with E-state index in [0.717, 1.165) is 69.1 Å². The molecule has 29 aromatic carbocycles. The minimum absolute atomic E-state index is 0.0564. The van der Waals surface area contributed by atoms with E-state index in [1.807, 2.05) is 4.90 Å². The van der Waals surface area contributed by atoms with E-state index in [9.17, 15) is 0 Å². The van der Waals surface area contributed by atoms with Crippen molar-refractivity contribution in [1.29, 1.82) is 0 Å². The summed E-state index contributed by atoms with van der Waals surface area (Å²) in [5.41, 5.74) is 4.47. The molecule has 1 heterocycles. The lowest BCUT2D eigenvalue weighted by Gasteiger charge is -2.56. The maximum Gasteiger partial charge on any atom is 0.324 e. The van der Waals surface area contributed by atoms with Gasteiger partial charge in [-0.1, -0.05) is 68.9 Å². The minimum Gasteiger partial charge on any atom is -0.335 e. The first-order valence-electron chi connectivity index (χ1n) is 33.6. The van der Waals surface area contributed by atoms with E-state index in [-0.39, 0.29) is 24.0 Å². The number of carbonyl (C=O) groups excluding carboxylic acids is 2. The Morgan fingerprint density at radius 2 is 0.614 bits per heavy atom. The Morgan fingerprint density at radius 3 is 0.909 bits per heavy atom. The van der Waals surface area contributed by atoms with Crippen molar-refractivity contribution in [2.45, 2.75) is 99.6 Å². The highest BCUT2D eigenvalue weighted by atomic mass is 16.2. The number of hydrogen-bond acceptors (Lipinski definition) is 3. The van der Waals surface area contributed by atoms with E-state index < -0.39 is 16.4 Å². The van der Waals surface area contributed by atoms with Crippen molar-refractivity contribution in [3.63, 3.8) is 0 Å². The standard InChI is InChI=1S/C83H31N3O2/c1-81(79(87)86(19-15-9-4-10-16-19)80(88)84-18-13-7-3-8-14-18)83-76-70-64-54-42-34-26-22-20-21-24-28(26)36(42)46-40-32(24)33-25(21)29-27-23(20)31-30(22)38-44(34)52-58-48(38)49-39(31)45-35(27)43-37(29)47-41(33)51-50(40)62(56(46)64)72(76)73-63(51)57(47)65-55(43)61-53(45)59(49)67-66(58)74(68(70)60(52)54)82(83,75(67)69(61)71(65)77(73)83)78(85-81)17-11-5-2-6-12-17/h2,5-6,11-12,18-19H,3-4,7-10,13-16H2,1H3,(H,84,88)/t81-,82?,83?/m1/s1. The van der Waals surface area contributed by atoms with Gasteiger partial charge in [0.15, 0.2) is 5.54 Å². The number of nitrogens with one attached hydrogen (secondary N) is 1. The zero-order valence-electron chi connectivity index (χ0n) is 46.8. The minimum atomic E-state index is -1.47. The highest BCUT2D eigenvalue weighted by molar-refractivity contribution is 6.82. The van der Waals surface area contributed by atoms with Gasteiger partial charge in [-0.3, -0.25) is 14.7 Å². The summed E-state index contributed by atoms with van der Waals surface area (Å²) in [6.07, 6.45) is 10.2. The molecule has 2 spiro atoms. The first-order valence-corrected chi connectivity index (χ1v) is 33.6. The number of imide groups is 1. The molecular weight excluding hydrogens is 1070 g/mol. The molecule has 390 valence electrons. The Hall–Kier alpha value is -9.71. The zero-order valence-corrected chi connectivity index (χ0v) is 46.8. The van der Waals surface area contributed by atoms with Gasteiger partial charge in [-0.2, -0.15) is 0 Å². The Bertz CT molecular complexity index is 7970. The van der Waals surface area contributed by atoms with Crippen LogP contribution >= 0.6 is 0 Å². The summed E-state index contributed by atoms with van der Waals surface area (Å²) in [6, 6.07) is 11.1. The number of nitrogens with zero attached hydrogens (tertiary/aromatic N) is 2. The molecule has 0 saturated heterocycles. The highest BCUT2D eigenvalue weighted by Crippen LogP contribution is 2.87. The van der Waals surface area contributed by atoms with Gasteiger partial charge in [0.1, 0.15) is 0 Å². The van der Waals surface area contributed by atoms with Crippen LogP contribution in [0, 0.1) is 0 Å². The van der Waals surface area contributed by atoms with Gasteiger partial charge in [0.05, 0.1) is 16.5 Å². The lowest BCUT2D eigenvalue weighted by Crippen LogP contribution is -2.68. The van der Waals surface area contributed by atoms with Crippen molar-refractivity contribution in [3.8, 4) is 0 Å². The molecule has 1 N–H and O–H groups in total. The number of urea groups is 1. The Balaban J connectivity index is 0.948. The van der Waals surface area contributed by atoms with Crippen LogP contribution in [0.15, 0.2) is 35.3 Å². The number of aliphatic imine (C=N–C) groups is 1. The molecule has 7 aliphatic rings. The molecule has 1 atom stereocenters. The molecule has 0 radical (unpaired) electrons. The maximum atomic E-state index is 18.5. The van der Waals surface area contributed by atoms with Crippen LogP contribution in [0.25, 0.3) is 291 Å². The summed E-state index contributed by atoms with van der Waals surface area (Å²) < 4.78 is 0. The number of amides is 3. The first kappa shape index (κ1) is 37.1. The van der Waals surface area contributed by atoms with Crippen molar-refractivity contribution in [2.75, 3.05) is 0 Å². The molecule has 2 fully saturated rings. The summed E-state index contributed by atoms with van der Waals surface area (Å²) >= 11 is 0. The van der Waals surface area contributed by atoms with Crippen LogP contribution in [0.5, 0.6) is 0 Å². The predicted molar refractivity (Wildman–Crippen MR) is 364 cm³/mol. The number of hydrogen-bond donors (Lipinski definition) is 1. The van der Waals surface area contributed by atoms with Crippen molar-refractivity contribution < 1.29 is 9.59 Å². The van der Waals surface area contributed by atoms with Gasteiger partial charge >= 0.3 is 6.03 Å². The zero-order chi connectivity index (χ0) is 54.0. The van der Waals surface area contributed by atoms with Gasteiger partial charge in [-0.05, 0) is 351 Å². The van der Waals surface area contributed by atoms with Crippen LogP contribution < -0.4 is 5.32 Å². The average molecular weight is 1100 g/mol. The van der Waals surface area contributed by atoms with Crippen LogP contribution in [-0.4, -0.2) is 40.2 Å². The average Bonchev–Trinajstić information content (AvgIpc) is 1.38. The van der Waals surface area contributed by atoms with Crippen molar-refractivity contribution in [1.82, 2.24) is 10.2 Å². The topological polar surface area (TPSA) is 61.8 Å². The van der Waals surface area contributed by atoms with Crippen LogP contribution in [0.2, 0.25) is 0 Å². The molecule has 0 unspecified atom stereocenters. The van der Waals surface area contributed by atoms with Crippen LogP contribution in [0.3, 0.4) is 0 Å². The molecule has 0 bridgehead atoms. The molecule has 0 aromatic heterocycles. The molecule has 5 heteroatoms. The van der Waals surface area contributed by atoms with Gasteiger partial charge < -0.3 is 5.32 Å². The van der Waals surface area contributed by atoms with Crippen LogP contribution in [0.4, 0.5) is 4.79 Å². The lowest BCUT2D eigenvalue weighted by molar-refractivity contribution is -0.137. The Kier molecular flexibility index (Phi) is 3.91. The van der Waals surface area contributed by atoms with E-state index >= 15 is 9.59 Å². The molecule has 5 nitrogen and oxygen atoms in total. The molecule has 3 amide bonds. The highest BCUT2D eigenvalue weighted by Gasteiger charge is 2.81. The van der Waals surface area contributed by atoms with Gasteiger partial charge in [-0.25, -0.2) is 4.79 Å². The molecular formula is C83H31N3O2. The molecule has 88 heavy (non-hydrogen) atoms. The normalized spacial score (nSPS) is 24.4. The Labute approximate surface area is 488 Å². The van der Waals surface area contributed by atoms with Crippen molar-refractivity contribution >= 4 is 309 Å². The second kappa shape index (κ2) is 9.27. The third-order valence-electron chi connectivity index (χ3n) is 30.5. The second-order valence-corrected chi connectivity index (χ2v) is 31.9. The first-order chi connectivity index (χ1) is 43.6. The fraction of sp³-hybridized carbons (Fsp3) is 0.193. The van der Waals surface area contributed by atoms with E-state index in [4.69, 9.17) is 4.99 Å². The number of benzene rings is 19. The van der Waals surface area contributed by atoms with Crippen LogP contribution in [0.1, 0.15) is 98.9 Å². The largest absolute Gasteiger partial charge is 0.335 e. The van der Waals surface area contributed by atoms with E-state index in [0.29, 0.717) is 0 Å². The Morgan fingerprint density at radius 1 is 0.352 bits per heavy atom. The summed E-state index contributed by atoms with van der Waals surface area (Å²) in [7, 11) is 0. The fourth-order valence-corrected chi connectivity index (χ4v) is 29.5. The van der Waals surface area contributed by atoms with Crippen molar-refractivity contribution in [3.05, 3.63) is 58.1 Å². The quantitative estimate of drug-likeness (QED) is 0.179. The maximum absolute atomic E-state index is 18.5. The fourth-order valence-electron chi connectivity index (χ4n) is 29.5. The smallest absolute Gasteiger partial charge is 0.324 e. The van der Waals surface area contributed by atoms with Gasteiger partial charge in [0, 0.05) is 12.1 Å². The third-order valence-corrected chi connectivity index (χ3v) is 30.5. The van der Waals surface area contributed by atoms with Gasteiger partial charge in [-0.15, -0.1) is 0 Å². The van der Waals surface area contributed by atoms with Gasteiger partial charge in [0.25, 0.3) is 5.91 Å². The summed E-state index contributed by atoms with van der Waals surface area (Å²) in [5, 5.41) is 86.8.